The van der Waals surface area contributed by atoms with Gasteiger partial charge in [-0.15, -0.1) is 0 Å². The van der Waals surface area contributed by atoms with Gasteiger partial charge in [0.05, 0.1) is 11.4 Å². The van der Waals surface area contributed by atoms with Crippen LogP contribution in [0.15, 0.2) is 4.99 Å². The largest absolute Gasteiger partial charge is 0.387 e. The minimum Gasteiger partial charge on any atom is -0.387 e. The number of rotatable bonds is 0. The van der Waals surface area contributed by atoms with Crippen LogP contribution < -0.4 is 5.73 Å². The van der Waals surface area contributed by atoms with Gasteiger partial charge in [-0.05, 0) is 12.8 Å². The Kier molecular flexibility index (Phi) is 1.51. The number of fused-ring (bicyclic) bond motifs is 1. The Balaban J connectivity index is 2.38. The maximum atomic E-state index is 6.12. The highest BCUT2D eigenvalue weighted by atomic mass is 35.5. The molecule has 1 aliphatic carbocycles. The molecule has 0 amide bonds. The Morgan fingerprint density at radius 2 is 2.17 bits per heavy atom. The molecule has 4 heteroatoms. The molecule has 1 aliphatic heterocycles. The van der Waals surface area contributed by atoms with E-state index in [0.29, 0.717) is 11.8 Å². The van der Waals surface area contributed by atoms with Gasteiger partial charge < -0.3 is 5.73 Å². The van der Waals surface area contributed by atoms with Gasteiger partial charge in [0.15, 0.2) is 0 Å². The summed E-state index contributed by atoms with van der Waals surface area (Å²) in [6, 6.07) is 0. The van der Waals surface area contributed by atoms with E-state index in [4.69, 9.17) is 28.9 Å². The van der Waals surface area contributed by atoms with Gasteiger partial charge in [-0.1, -0.05) is 30.1 Å². The van der Waals surface area contributed by atoms with Crippen LogP contribution >= 0.6 is 23.2 Å². The Bertz CT molecular complexity index is 262. The van der Waals surface area contributed by atoms with E-state index in [-0.39, 0.29) is 11.5 Å². The van der Waals surface area contributed by atoms with Gasteiger partial charge in [0.25, 0.3) is 0 Å². The van der Waals surface area contributed by atoms with Crippen LogP contribution in [0.25, 0.3) is 0 Å². The highest BCUT2D eigenvalue weighted by Crippen LogP contribution is 2.69. The zero-order valence-corrected chi connectivity index (χ0v) is 8.65. The number of aliphatic imine (C=N–C) groups is 1. The van der Waals surface area contributed by atoms with Crippen molar-refractivity contribution >= 4 is 29.0 Å². The van der Waals surface area contributed by atoms with Crippen LogP contribution in [0, 0.1) is 11.8 Å². The molecular weight excluding hydrogens is 195 g/mol. The van der Waals surface area contributed by atoms with Crippen molar-refractivity contribution in [3.63, 3.8) is 0 Å². The summed E-state index contributed by atoms with van der Waals surface area (Å²) < 4.78 is -0.687. The van der Waals surface area contributed by atoms with Gasteiger partial charge >= 0.3 is 0 Å². The van der Waals surface area contributed by atoms with Crippen molar-refractivity contribution < 1.29 is 0 Å². The second-order valence-electron chi connectivity index (χ2n) is 4.03. The van der Waals surface area contributed by atoms with Crippen LogP contribution in [0.1, 0.15) is 20.3 Å². The lowest BCUT2D eigenvalue weighted by atomic mass is 9.96. The van der Waals surface area contributed by atoms with Crippen LogP contribution in [0.4, 0.5) is 0 Å². The Morgan fingerprint density at radius 3 is 2.67 bits per heavy atom. The summed E-state index contributed by atoms with van der Waals surface area (Å²) in [4.78, 5) is 4.32. The van der Waals surface area contributed by atoms with Crippen molar-refractivity contribution in [2.45, 2.75) is 30.1 Å². The average molecular weight is 207 g/mol. The summed E-state index contributed by atoms with van der Waals surface area (Å²) in [6.45, 7) is 4.09. The van der Waals surface area contributed by atoms with E-state index in [9.17, 15) is 0 Å². The quantitative estimate of drug-likeness (QED) is 0.605. The monoisotopic (exact) mass is 206 g/mol. The molecular formula is C8H12Cl2N2. The van der Waals surface area contributed by atoms with Crippen molar-refractivity contribution in [2.75, 3.05) is 0 Å². The molecule has 0 bridgehead atoms. The summed E-state index contributed by atoms with van der Waals surface area (Å²) >= 11 is 12.2. The number of nitrogens with two attached hydrogens (primary N) is 1. The Hall–Kier alpha value is 0.0500. The third kappa shape index (κ3) is 0.801. The van der Waals surface area contributed by atoms with Crippen LogP contribution in [-0.2, 0) is 0 Å². The molecule has 0 unspecified atom stereocenters. The van der Waals surface area contributed by atoms with E-state index in [2.05, 4.69) is 11.9 Å². The number of alkyl halides is 2. The van der Waals surface area contributed by atoms with E-state index >= 15 is 0 Å². The van der Waals surface area contributed by atoms with Gasteiger partial charge in [-0.3, -0.25) is 4.99 Å². The highest BCUT2D eigenvalue weighted by molar-refractivity contribution is 6.52. The zero-order valence-electron chi connectivity index (χ0n) is 7.14. The van der Waals surface area contributed by atoms with Crippen LogP contribution in [-0.4, -0.2) is 15.7 Å². The molecule has 1 saturated carbocycles. The molecule has 0 radical (unpaired) electrons. The smallest absolute Gasteiger partial charge is 0.148 e. The molecule has 1 fully saturated rings. The molecule has 2 aliphatic rings. The molecule has 68 valence electrons. The van der Waals surface area contributed by atoms with Crippen LogP contribution in [0.5, 0.6) is 0 Å². The van der Waals surface area contributed by atoms with Crippen molar-refractivity contribution in [3.8, 4) is 0 Å². The third-order valence-corrected chi connectivity index (χ3v) is 4.30. The zero-order chi connectivity index (χ0) is 9.15. The van der Waals surface area contributed by atoms with E-state index in [1.54, 1.807) is 0 Å². The molecule has 2 N–H and O–H groups in total. The van der Waals surface area contributed by atoms with Gasteiger partial charge in [0.1, 0.15) is 4.33 Å². The molecule has 0 aromatic rings. The lowest BCUT2D eigenvalue weighted by molar-refractivity contribution is 0.451. The normalized spacial score (nSPS) is 49.5. The van der Waals surface area contributed by atoms with Gasteiger partial charge in [-0.25, -0.2) is 0 Å². The van der Waals surface area contributed by atoms with Gasteiger partial charge in [0.2, 0.25) is 0 Å². The number of nitrogens with zero attached hydrogens (tertiary/aromatic N) is 1. The Morgan fingerprint density at radius 1 is 1.58 bits per heavy atom. The number of hydrogen-bond donors (Lipinski definition) is 1. The number of hydrogen-bond acceptors (Lipinski definition) is 2. The van der Waals surface area contributed by atoms with E-state index in [0.717, 1.165) is 6.42 Å². The lowest BCUT2D eigenvalue weighted by Crippen LogP contribution is -2.26. The second-order valence-corrected chi connectivity index (χ2v) is 5.42. The number of amidine groups is 1. The SMILES string of the molecule is C[C@H]1CC(N)=N[C@@]2(C)[C@@H]1C2(Cl)Cl. The standard InChI is InChI=1S/C8H12Cl2N2/c1-4-3-5(11)12-7(2)6(4)8(7,9)10/h4,6H,3H2,1-2H3,(H2,11,12)/t4-,6+,7-/m0/s1. The maximum Gasteiger partial charge on any atom is 0.148 e. The van der Waals surface area contributed by atoms with Crippen LogP contribution in [0.2, 0.25) is 0 Å². The molecule has 12 heavy (non-hydrogen) atoms. The summed E-state index contributed by atoms with van der Waals surface area (Å²) in [5.41, 5.74) is 5.36. The molecule has 3 atom stereocenters. The first-order valence-corrected chi connectivity index (χ1v) is 4.87. The minimum atomic E-state index is -0.687. The molecule has 0 spiro atoms. The fourth-order valence-corrected chi connectivity index (χ4v) is 3.46. The van der Waals surface area contributed by atoms with Gasteiger partial charge in [-0.2, -0.15) is 0 Å². The molecule has 0 aromatic carbocycles. The second kappa shape index (κ2) is 2.10. The first-order chi connectivity index (χ1) is 5.39. The van der Waals surface area contributed by atoms with E-state index < -0.39 is 4.33 Å². The summed E-state index contributed by atoms with van der Waals surface area (Å²) in [6.07, 6.45) is 0.821. The topological polar surface area (TPSA) is 38.4 Å². The van der Waals surface area contributed by atoms with Crippen LogP contribution in [0.3, 0.4) is 0 Å². The summed E-state index contributed by atoms with van der Waals surface area (Å²) in [5.74, 6) is 1.41. The fraction of sp³-hybridized carbons (Fsp3) is 0.875. The molecule has 2 nitrogen and oxygen atoms in total. The first kappa shape index (κ1) is 8.64. The maximum absolute atomic E-state index is 6.12. The van der Waals surface area contributed by atoms with Crippen molar-refractivity contribution in [2.24, 2.45) is 22.6 Å². The summed E-state index contributed by atoms with van der Waals surface area (Å²) in [5, 5.41) is 0. The molecule has 2 rings (SSSR count). The van der Waals surface area contributed by atoms with Gasteiger partial charge in [0, 0.05) is 12.3 Å². The lowest BCUT2D eigenvalue weighted by Gasteiger charge is -2.18. The van der Waals surface area contributed by atoms with E-state index in [1.165, 1.54) is 0 Å². The van der Waals surface area contributed by atoms with Crippen molar-refractivity contribution in [1.82, 2.24) is 0 Å². The summed E-state index contributed by atoms with van der Waals surface area (Å²) in [7, 11) is 0. The number of halogens is 2. The predicted molar refractivity (Wildman–Crippen MR) is 51.7 cm³/mol. The molecule has 0 saturated heterocycles. The fourth-order valence-electron chi connectivity index (χ4n) is 2.40. The Labute approximate surface area is 82.1 Å². The highest BCUT2D eigenvalue weighted by Gasteiger charge is 2.76. The van der Waals surface area contributed by atoms with Crippen molar-refractivity contribution in [1.29, 1.82) is 0 Å². The average Bonchev–Trinajstić information content (AvgIpc) is 2.24. The minimum absolute atomic E-state index is 0.278. The first-order valence-electron chi connectivity index (χ1n) is 4.11. The predicted octanol–water partition coefficient (Wildman–Crippen LogP) is 1.95. The molecule has 0 aromatic heterocycles. The third-order valence-electron chi connectivity index (χ3n) is 3.06. The van der Waals surface area contributed by atoms with E-state index in [1.807, 2.05) is 6.92 Å². The molecule has 1 heterocycles. The van der Waals surface area contributed by atoms with Crippen molar-refractivity contribution in [3.05, 3.63) is 0 Å².